The van der Waals surface area contributed by atoms with Crippen molar-refractivity contribution in [3.63, 3.8) is 0 Å². The van der Waals surface area contributed by atoms with Crippen LogP contribution >= 0.6 is 22.7 Å². The first-order chi connectivity index (χ1) is 50.6. The molecule has 0 amide bonds. The molecule has 0 aliphatic rings. The zero-order chi connectivity index (χ0) is 67.2. The van der Waals surface area contributed by atoms with Crippen molar-refractivity contribution in [3.8, 4) is 61.6 Å². The van der Waals surface area contributed by atoms with Gasteiger partial charge in [0, 0.05) is 100 Å². The lowest BCUT2D eigenvalue weighted by molar-refractivity contribution is 0.669. The fourth-order valence-electron chi connectivity index (χ4n) is 15.6. The highest BCUT2D eigenvalue weighted by Gasteiger charge is 2.19. The third-order valence-corrected chi connectivity index (χ3v) is 22.7. The predicted octanol–water partition coefficient (Wildman–Crippen LogP) is 27.7. The van der Waals surface area contributed by atoms with Crippen LogP contribution in [-0.2, 0) is 0 Å². The number of fused-ring (bicyclic) bond motifs is 18. The summed E-state index contributed by atoms with van der Waals surface area (Å²) in [5.74, 6) is 0. The first-order valence-corrected chi connectivity index (χ1v) is 36.3. The van der Waals surface area contributed by atoms with Crippen LogP contribution in [0.15, 0.2) is 374 Å². The maximum absolute atomic E-state index is 6.02. The molecule has 22 rings (SSSR count). The molecule has 0 saturated heterocycles. The van der Waals surface area contributed by atoms with E-state index in [0.717, 1.165) is 21.9 Å². The Kier molecular flexibility index (Phi) is 14.3. The molecule has 22 aromatic rings. The maximum Gasteiger partial charge on any atom is 0.135 e. The zero-order valence-electron chi connectivity index (χ0n) is 55.3. The summed E-state index contributed by atoms with van der Waals surface area (Å²) < 4.78 is 18.5. The zero-order valence-corrected chi connectivity index (χ0v) is 56.9. The van der Waals surface area contributed by atoms with Crippen molar-refractivity contribution < 1.29 is 4.42 Å². The van der Waals surface area contributed by atoms with E-state index >= 15 is 0 Å². The molecule has 16 aromatic carbocycles. The summed E-state index contributed by atoms with van der Waals surface area (Å²) in [6, 6.07) is 133. The molecular weight excluding hydrogens is 1280 g/mol. The molecule has 102 heavy (non-hydrogen) atoms. The quantitative estimate of drug-likeness (QED) is 0.156. The molecule has 478 valence electrons. The van der Waals surface area contributed by atoms with Crippen LogP contribution in [0.4, 0.5) is 0 Å². The van der Waals surface area contributed by atoms with Crippen molar-refractivity contribution >= 4 is 150 Å². The van der Waals surface area contributed by atoms with Gasteiger partial charge >= 0.3 is 0 Å². The summed E-state index contributed by atoms with van der Waals surface area (Å²) in [7, 11) is 0. The normalized spacial score (nSPS) is 11.7. The van der Waals surface area contributed by atoms with Crippen molar-refractivity contribution in [3.05, 3.63) is 370 Å². The highest BCUT2D eigenvalue weighted by Crippen LogP contribution is 2.43. The molecule has 0 fully saturated rings. The van der Waals surface area contributed by atoms with E-state index in [1.54, 1.807) is 0 Å². The number of thiophene rings is 2. The first-order valence-electron chi connectivity index (χ1n) is 34.7. The van der Waals surface area contributed by atoms with Gasteiger partial charge in [-0.25, -0.2) is 0 Å². The Hall–Kier alpha value is -12.8. The highest BCUT2D eigenvalue weighted by molar-refractivity contribution is 7.26. The van der Waals surface area contributed by atoms with Gasteiger partial charge in [-0.3, -0.25) is 0 Å². The van der Waals surface area contributed by atoms with Crippen molar-refractivity contribution in [2.75, 3.05) is 0 Å². The van der Waals surface area contributed by atoms with Gasteiger partial charge in [0.25, 0.3) is 0 Å². The van der Waals surface area contributed by atoms with Crippen LogP contribution in [0.2, 0.25) is 0 Å². The Morgan fingerprint density at radius 2 is 0.451 bits per heavy atom. The minimum atomic E-state index is 0.928. The van der Waals surface area contributed by atoms with Gasteiger partial charge in [0.2, 0.25) is 0 Å². The van der Waals surface area contributed by atoms with Crippen molar-refractivity contribution in [1.82, 2.24) is 13.7 Å². The second-order valence-corrected chi connectivity index (χ2v) is 28.4. The number of furan rings is 1. The highest BCUT2D eigenvalue weighted by atomic mass is 32.1. The molecule has 6 aromatic heterocycles. The van der Waals surface area contributed by atoms with E-state index in [1.807, 2.05) is 34.8 Å². The number of hydrogen-bond donors (Lipinski definition) is 0. The van der Waals surface area contributed by atoms with Crippen LogP contribution < -0.4 is 0 Å². The number of nitrogens with zero attached hydrogens (tertiary/aromatic N) is 3. The summed E-state index contributed by atoms with van der Waals surface area (Å²) >= 11 is 3.73. The second kappa shape index (κ2) is 24.6. The number of rotatable bonds is 7. The Labute approximate surface area is 595 Å². The lowest BCUT2D eigenvalue weighted by Gasteiger charge is -2.10. The molecule has 0 aliphatic carbocycles. The second-order valence-electron chi connectivity index (χ2n) is 26.3. The largest absolute Gasteiger partial charge is 0.456 e. The van der Waals surface area contributed by atoms with Gasteiger partial charge in [-0.1, -0.05) is 224 Å². The standard InChI is InChI=1S/C36H23NS.C30H19NO.C30H19NS/c1-2-8-24(9-3-1)25-14-18-28(19-15-25)37-33-12-6-4-10-29(33)31-22-26(16-20-34(31)37)27-17-21-36-32(23-27)30-11-5-7-13-35(30)38-36;2*1-2-8-22(9-3-1)31-27-12-6-4-10-23(27)25-18-20(14-16-28(25)31)21-15-17-30-26(19-21)24-11-5-7-13-29(24)32-30/h1-23H;2*1-19H. The number of hydrogen-bond acceptors (Lipinski definition) is 3. The monoisotopic (exact) mass is 1340 g/mol. The molecule has 0 atom stereocenters. The fourth-order valence-corrected chi connectivity index (χ4v) is 17.8. The van der Waals surface area contributed by atoms with Gasteiger partial charge in [0.05, 0.1) is 33.1 Å². The number of para-hydroxylation sites is 6. The molecule has 0 spiro atoms. The molecule has 0 N–H and O–H groups in total. The average Bonchev–Trinajstić information content (AvgIpc) is 1.60. The molecule has 4 nitrogen and oxygen atoms in total. The summed E-state index contributed by atoms with van der Waals surface area (Å²) in [6.07, 6.45) is 0. The van der Waals surface area contributed by atoms with Crippen molar-refractivity contribution in [2.45, 2.75) is 0 Å². The molecule has 0 bridgehead atoms. The van der Waals surface area contributed by atoms with E-state index in [2.05, 4.69) is 372 Å². The Morgan fingerprint density at radius 1 is 0.167 bits per heavy atom. The van der Waals surface area contributed by atoms with Gasteiger partial charge in [-0.15, -0.1) is 22.7 Å². The van der Waals surface area contributed by atoms with Crippen LogP contribution in [0.1, 0.15) is 0 Å². The van der Waals surface area contributed by atoms with E-state index in [1.165, 1.54) is 167 Å². The molecule has 0 saturated carbocycles. The van der Waals surface area contributed by atoms with Gasteiger partial charge in [-0.2, -0.15) is 0 Å². The lowest BCUT2D eigenvalue weighted by atomic mass is 10.0. The Bertz CT molecular complexity index is 6720. The third-order valence-electron chi connectivity index (χ3n) is 20.4. The first kappa shape index (κ1) is 59.2. The summed E-state index contributed by atoms with van der Waals surface area (Å²) in [5.41, 5.74) is 22.7. The molecule has 0 aliphatic heterocycles. The van der Waals surface area contributed by atoms with E-state index in [9.17, 15) is 0 Å². The average molecular weight is 1340 g/mol. The van der Waals surface area contributed by atoms with Crippen LogP contribution in [0, 0.1) is 0 Å². The van der Waals surface area contributed by atoms with Crippen LogP contribution in [0.3, 0.4) is 0 Å². The summed E-state index contributed by atoms with van der Waals surface area (Å²) in [4.78, 5) is 0. The maximum atomic E-state index is 6.02. The number of aromatic nitrogens is 3. The fraction of sp³-hybridized carbons (Fsp3) is 0. The minimum absolute atomic E-state index is 0.928. The molecule has 6 heteroatoms. The van der Waals surface area contributed by atoms with Crippen LogP contribution in [0.25, 0.3) is 189 Å². The lowest BCUT2D eigenvalue weighted by Crippen LogP contribution is -1.93. The Balaban J connectivity index is 0.000000103. The molecule has 0 radical (unpaired) electrons. The minimum Gasteiger partial charge on any atom is -0.456 e. The SMILES string of the molecule is c1ccc(-c2ccc(-n3c4ccccc4c4cc(-c5ccc6sc7ccccc7c6c5)ccc43)cc2)cc1.c1ccc(-n2c3ccccc3c3cc(-c4ccc5oc6ccccc6c5c4)ccc32)cc1.c1ccc(-n2c3ccccc3c3cc(-c4ccc5sc6ccccc6c5c4)ccc32)cc1. The summed E-state index contributed by atoms with van der Waals surface area (Å²) in [5, 5.41) is 15.3. The topological polar surface area (TPSA) is 27.9 Å². The summed E-state index contributed by atoms with van der Waals surface area (Å²) in [6.45, 7) is 0. The van der Waals surface area contributed by atoms with Gasteiger partial charge in [-0.05, 0) is 190 Å². The van der Waals surface area contributed by atoms with Crippen LogP contribution in [-0.4, -0.2) is 13.7 Å². The van der Waals surface area contributed by atoms with Gasteiger partial charge in [0.1, 0.15) is 11.2 Å². The third kappa shape index (κ3) is 10.1. The van der Waals surface area contributed by atoms with E-state index in [4.69, 9.17) is 4.42 Å². The Morgan fingerprint density at radius 3 is 0.902 bits per heavy atom. The molecule has 6 heterocycles. The number of benzene rings is 16. The van der Waals surface area contributed by atoms with E-state index in [-0.39, 0.29) is 0 Å². The molecule has 0 unspecified atom stereocenters. The van der Waals surface area contributed by atoms with E-state index < -0.39 is 0 Å². The predicted molar refractivity (Wildman–Crippen MR) is 437 cm³/mol. The van der Waals surface area contributed by atoms with Crippen LogP contribution in [0.5, 0.6) is 0 Å². The van der Waals surface area contributed by atoms with Gasteiger partial charge < -0.3 is 18.1 Å². The van der Waals surface area contributed by atoms with Crippen molar-refractivity contribution in [1.29, 1.82) is 0 Å². The molecular formula is C96H61N3OS2. The van der Waals surface area contributed by atoms with Gasteiger partial charge in [0.15, 0.2) is 0 Å². The van der Waals surface area contributed by atoms with Crippen molar-refractivity contribution in [2.24, 2.45) is 0 Å². The van der Waals surface area contributed by atoms with E-state index in [0.29, 0.717) is 0 Å². The smallest absolute Gasteiger partial charge is 0.135 e.